The molecule has 0 spiro atoms. The average Bonchev–Trinajstić information content (AvgIpc) is 3.15. The molecule has 1 N–H and O–H groups in total. The van der Waals surface area contributed by atoms with Crippen LogP contribution in [0.25, 0.3) is 21.8 Å². The van der Waals surface area contributed by atoms with Crippen molar-refractivity contribution in [3.05, 3.63) is 61.2 Å². The molecule has 0 radical (unpaired) electrons. The maximum atomic E-state index is 10.4. The molecule has 2 heterocycles. The van der Waals surface area contributed by atoms with Gasteiger partial charge in [-0.2, -0.15) is 0 Å². The molecule has 0 aliphatic carbocycles. The molecule has 22 heavy (non-hydrogen) atoms. The van der Waals surface area contributed by atoms with Gasteiger partial charge >= 0.3 is 0 Å². The van der Waals surface area contributed by atoms with E-state index in [2.05, 4.69) is 39.0 Å². The normalized spacial score (nSPS) is 13.0. The quantitative estimate of drug-likeness (QED) is 0.628. The lowest BCUT2D eigenvalue weighted by molar-refractivity contribution is 0.137. The van der Waals surface area contributed by atoms with Crippen molar-refractivity contribution in [1.29, 1.82) is 0 Å². The number of aromatic nitrogens is 4. The van der Waals surface area contributed by atoms with Crippen LogP contribution < -0.4 is 0 Å². The fourth-order valence-corrected chi connectivity index (χ4v) is 3.03. The Morgan fingerprint density at radius 2 is 1.36 bits per heavy atom. The predicted octanol–water partition coefficient (Wildman–Crippen LogP) is 2.45. The molecule has 0 aliphatic heterocycles. The van der Waals surface area contributed by atoms with E-state index in [1.165, 1.54) is 10.8 Å². The summed E-state index contributed by atoms with van der Waals surface area (Å²) in [4.78, 5) is 0. The first-order valence-electron chi connectivity index (χ1n) is 7.29. The van der Waals surface area contributed by atoms with Crippen molar-refractivity contribution in [2.45, 2.75) is 19.2 Å². The molecule has 1 unspecified atom stereocenters. The van der Waals surface area contributed by atoms with Gasteiger partial charge < -0.3 is 14.2 Å². The van der Waals surface area contributed by atoms with Gasteiger partial charge in [0.2, 0.25) is 0 Å². The zero-order valence-electron chi connectivity index (χ0n) is 12.0. The Morgan fingerprint density at radius 3 is 1.95 bits per heavy atom. The number of hydrogen-bond acceptors (Lipinski definition) is 3. The maximum Gasteiger partial charge on any atom is 0.119 e. The monoisotopic (exact) mass is 292 g/mol. The van der Waals surface area contributed by atoms with E-state index in [4.69, 9.17) is 0 Å². The molecule has 4 rings (SSSR count). The minimum Gasteiger partial charge on any atom is -0.389 e. The Kier molecular flexibility index (Phi) is 3.12. The summed E-state index contributed by atoms with van der Waals surface area (Å²) in [5.74, 6) is 0. The highest BCUT2D eigenvalue weighted by molar-refractivity contribution is 6.07. The first kappa shape index (κ1) is 13.0. The highest BCUT2D eigenvalue weighted by Gasteiger charge is 2.13. The Labute approximate surface area is 127 Å². The summed E-state index contributed by atoms with van der Waals surface area (Å²) in [6.45, 7) is 1.01. The van der Waals surface area contributed by atoms with Gasteiger partial charge in [0, 0.05) is 21.8 Å². The zero-order chi connectivity index (χ0) is 14.9. The van der Waals surface area contributed by atoms with Crippen LogP contribution in [0.5, 0.6) is 0 Å². The summed E-state index contributed by atoms with van der Waals surface area (Å²) in [7, 11) is 0. The lowest BCUT2D eigenvalue weighted by atomic mass is 10.2. The molecule has 0 bridgehead atoms. The first-order chi connectivity index (χ1) is 10.8. The number of para-hydroxylation sites is 2. The highest BCUT2D eigenvalue weighted by atomic mass is 16.3. The average molecular weight is 292 g/mol. The lowest BCUT2D eigenvalue weighted by Crippen LogP contribution is -2.21. The third-order valence-electron chi connectivity index (χ3n) is 3.96. The molecule has 1 atom stereocenters. The van der Waals surface area contributed by atoms with Crippen molar-refractivity contribution in [2.24, 2.45) is 0 Å². The van der Waals surface area contributed by atoms with Crippen LogP contribution in [0.3, 0.4) is 0 Å². The van der Waals surface area contributed by atoms with Crippen molar-refractivity contribution in [1.82, 2.24) is 19.3 Å². The second-order valence-electron chi connectivity index (χ2n) is 5.46. The van der Waals surface area contributed by atoms with E-state index in [9.17, 15) is 5.11 Å². The molecular formula is C17H16N4O. The van der Waals surface area contributed by atoms with Crippen LogP contribution in [0.1, 0.15) is 0 Å². The molecule has 0 saturated heterocycles. The summed E-state index contributed by atoms with van der Waals surface area (Å²) in [5.41, 5.74) is 2.29. The maximum absolute atomic E-state index is 10.4. The minimum atomic E-state index is -0.504. The minimum absolute atomic E-state index is 0.480. The number of hydrogen-bond donors (Lipinski definition) is 1. The van der Waals surface area contributed by atoms with Gasteiger partial charge in [-0.15, -0.1) is 10.2 Å². The number of rotatable bonds is 4. The highest BCUT2D eigenvalue weighted by Crippen LogP contribution is 2.28. The second kappa shape index (κ2) is 5.27. The van der Waals surface area contributed by atoms with Crippen LogP contribution >= 0.6 is 0 Å². The van der Waals surface area contributed by atoms with E-state index in [1.807, 2.05) is 24.3 Å². The molecular weight excluding hydrogens is 276 g/mol. The molecule has 2 aromatic carbocycles. The molecule has 0 fully saturated rings. The Bertz CT molecular complexity index is 858. The molecule has 5 heteroatoms. The molecule has 0 aliphatic rings. The topological polar surface area (TPSA) is 55.9 Å². The summed E-state index contributed by atoms with van der Waals surface area (Å²) < 4.78 is 3.97. The van der Waals surface area contributed by atoms with Gasteiger partial charge in [-0.05, 0) is 12.1 Å². The third kappa shape index (κ3) is 2.16. The Morgan fingerprint density at radius 1 is 0.818 bits per heavy atom. The van der Waals surface area contributed by atoms with Crippen molar-refractivity contribution < 1.29 is 5.11 Å². The third-order valence-corrected chi connectivity index (χ3v) is 3.96. The van der Waals surface area contributed by atoms with Gasteiger partial charge in [-0.3, -0.25) is 0 Å². The van der Waals surface area contributed by atoms with Crippen LogP contribution in [0.2, 0.25) is 0 Å². The van der Waals surface area contributed by atoms with Crippen LogP contribution in [0.4, 0.5) is 0 Å². The molecule has 110 valence electrons. The van der Waals surface area contributed by atoms with E-state index in [0.717, 1.165) is 11.0 Å². The number of nitrogens with zero attached hydrogens (tertiary/aromatic N) is 4. The van der Waals surface area contributed by atoms with Crippen LogP contribution in [0, 0.1) is 0 Å². The largest absolute Gasteiger partial charge is 0.389 e. The summed E-state index contributed by atoms with van der Waals surface area (Å²) in [5, 5.41) is 20.4. The van der Waals surface area contributed by atoms with Gasteiger partial charge in [-0.25, -0.2) is 0 Å². The Hall–Kier alpha value is -2.66. The van der Waals surface area contributed by atoms with E-state index in [-0.39, 0.29) is 0 Å². The van der Waals surface area contributed by atoms with E-state index < -0.39 is 6.10 Å². The smallest absolute Gasteiger partial charge is 0.119 e. The zero-order valence-corrected chi connectivity index (χ0v) is 12.0. The van der Waals surface area contributed by atoms with E-state index in [1.54, 1.807) is 17.2 Å². The molecule has 2 aromatic heterocycles. The standard InChI is InChI=1S/C17H16N4O/c22-13(9-20-11-18-19-12-20)10-21-16-7-3-1-5-14(16)15-6-2-4-8-17(15)21/h1-8,11-13,22H,9-10H2. The van der Waals surface area contributed by atoms with Crippen molar-refractivity contribution in [3.8, 4) is 0 Å². The molecule has 0 saturated carbocycles. The van der Waals surface area contributed by atoms with Crippen LogP contribution in [0.15, 0.2) is 61.2 Å². The van der Waals surface area contributed by atoms with Crippen molar-refractivity contribution in [2.75, 3.05) is 0 Å². The lowest BCUT2D eigenvalue weighted by Gasteiger charge is -2.14. The molecule has 0 amide bonds. The van der Waals surface area contributed by atoms with Gasteiger partial charge in [0.25, 0.3) is 0 Å². The van der Waals surface area contributed by atoms with Gasteiger partial charge in [0.1, 0.15) is 12.7 Å². The summed E-state index contributed by atoms with van der Waals surface area (Å²) in [6, 6.07) is 16.6. The predicted molar refractivity (Wildman–Crippen MR) is 85.5 cm³/mol. The fraction of sp³-hybridized carbons (Fsp3) is 0.176. The summed E-state index contributed by atoms with van der Waals surface area (Å²) >= 11 is 0. The fourth-order valence-electron chi connectivity index (χ4n) is 3.03. The van der Waals surface area contributed by atoms with Gasteiger partial charge in [0.15, 0.2) is 0 Å². The van der Waals surface area contributed by atoms with Crippen LogP contribution in [-0.4, -0.2) is 30.5 Å². The number of aliphatic hydroxyl groups is 1. The van der Waals surface area contributed by atoms with E-state index >= 15 is 0 Å². The van der Waals surface area contributed by atoms with Crippen LogP contribution in [-0.2, 0) is 13.1 Å². The van der Waals surface area contributed by atoms with Gasteiger partial charge in [0.05, 0.1) is 19.2 Å². The second-order valence-corrected chi connectivity index (χ2v) is 5.46. The number of aliphatic hydroxyl groups excluding tert-OH is 1. The molecule has 5 nitrogen and oxygen atoms in total. The number of fused-ring (bicyclic) bond motifs is 3. The number of benzene rings is 2. The van der Waals surface area contributed by atoms with Gasteiger partial charge in [-0.1, -0.05) is 36.4 Å². The first-order valence-corrected chi connectivity index (χ1v) is 7.29. The molecule has 4 aromatic rings. The Balaban J connectivity index is 1.76. The van der Waals surface area contributed by atoms with Crippen molar-refractivity contribution in [3.63, 3.8) is 0 Å². The van der Waals surface area contributed by atoms with E-state index in [0.29, 0.717) is 13.1 Å². The van der Waals surface area contributed by atoms with Crippen molar-refractivity contribution >= 4 is 21.8 Å². The summed E-state index contributed by atoms with van der Waals surface area (Å²) in [6.07, 6.45) is 2.74. The SMILES string of the molecule is OC(Cn1cnnc1)Cn1c2ccccc2c2ccccc21.